The summed E-state index contributed by atoms with van der Waals surface area (Å²) in [6, 6.07) is 0. The minimum atomic E-state index is 0.229. The Kier molecular flexibility index (Phi) is 2.38. The molecule has 2 heteroatoms. The Balaban J connectivity index is 2.59. The Bertz CT molecular complexity index is 137. The molecule has 1 aliphatic carbocycles. The molecule has 0 aliphatic heterocycles. The topological polar surface area (TPSA) is 0 Å². The number of hydrogen-bond acceptors (Lipinski definition) is 0. The fourth-order valence-electron chi connectivity index (χ4n) is 0.603. The summed E-state index contributed by atoms with van der Waals surface area (Å²) >= 11 is 8.08. The molecule has 8 heavy (non-hydrogen) atoms. The number of rotatable bonds is 0. The fraction of sp³-hybridized carbons (Fsp3) is 0.333. The molecule has 0 spiro atoms. The van der Waals surface area contributed by atoms with E-state index in [-0.39, 0.29) is 5.38 Å². The highest BCUT2D eigenvalue weighted by molar-refractivity contribution is 14.1. The monoisotopic (exact) mass is 240 g/mol. The van der Waals surface area contributed by atoms with Crippen LogP contribution in [0.3, 0.4) is 0 Å². The lowest BCUT2D eigenvalue weighted by Gasteiger charge is -2.05. The third-order valence-electron chi connectivity index (χ3n) is 0.987. The van der Waals surface area contributed by atoms with Gasteiger partial charge in [-0.25, -0.2) is 0 Å². The Morgan fingerprint density at radius 2 is 2.50 bits per heavy atom. The van der Waals surface area contributed by atoms with Crippen molar-refractivity contribution >= 4 is 34.2 Å². The number of halogens is 2. The van der Waals surface area contributed by atoms with E-state index in [1.807, 2.05) is 12.2 Å². The summed E-state index contributed by atoms with van der Waals surface area (Å²) in [6.07, 6.45) is 7.09. The molecule has 1 rings (SSSR count). The van der Waals surface area contributed by atoms with Gasteiger partial charge in [-0.1, -0.05) is 18.2 Å². The van der Waals surface area contributed by atoms with Crippen molar-refractivity contribution in [2.24, 2.45) is 0 Å². The van der Waals surface area contributed by atoms with Crippen LogP contribution in [-0.2, 0) is 0 Å². The van der Waals surface area contributed by atoms with Crippen molar-refractivity contribution in [2.75, 3.05) is 0 Å². The zero-order chi connectivity index (χ0) is 5.98. The van der Waals surface area contributed by atoms with Crippen LogP contribution in [0.1, 0.15) is 6.42 Å². The minimum Gasteiger partial charge on any atom is -0.118 e. The van der Waals surface area contributed by atoms with Crippen LogP contribution in [0.5, 0.6) is 0 Å². The largest absolute Gasteiger partial charge is 0.118 e. The maximum Gasteiger partial charge on any atom is 0.0563 e. The van der Waals surface area contributed by atoms with E-state index in [1.165, 1.54) is 3.58 Å². The molecule has 0 heterocycles. The molecule has 0 saturated heterocycles. The maximum absolute atomic E-state index is 5.78. The van der Waals surface area contributed by atoms with Gasteiger partial charge in [-0.15, -0.1) is 11.6 Å². The average molecular weight is 240 g/mol. The Hall–Kier alpha value is 0.500. The van der Waals surface area contributed by atoms with Gasteiger partial charge in [0.2, 0.25) is 0 Å². The van der Waals surface area contributed by atoms with Gasteiger partial charge in [-0.3, -0.25) is 0 Å². The van der Waals surface area contributed by atoms with Gasteiger partial charge in [-0.2, -0.15) is 0 Å². The van der Waals surface area contributed by atoms with Gasteiger partial charge in [0.15, 0.2) is 0 Å². The Morgan fingerprint density at radius 1 is 1.75 bits per heavy atom. The number of hydrogen-bond donors (Lipinski definition) is 0. The van der Waals surface area contributed by atoms with Crippen LogP contribution in [-0.4, -0.2) is 5.38 Å². The van der Waals surface area contributed by atoms with Gasteiger partial charge < -0.3 is 0 Å². The molecule has 1 atom stereocenters. The summed E-state index contributed by atoms with van der Waals surface area (Å²) in [5, 5.41) is 0.229. The van der Waals surface area contributed by atoms with Crippen molar-refractivity contribution in [3.05, 3.63) is 21.8 Å². The van der Waals surface area contributed by atoms with E-state index in [9.17, 15) is 0 Å². The van der Waals surface area contributed by atoms with Gasteiger partial charge in [-0.05, 0) is 32.6 Å². The molecule has 0 nitrogen and oxygen atoms in total. The highest BCUT2D eigenvalue weighted by atomic mass is 127. The van der Waals surface area contributed by atoms with Crippen molar-refractivity contribution < 1.29 is 0 Å². The quantitative estimate of drug-likeness (QED) is 0.451. The van der Waals surface area contributed by atoms with Crippen LogP contribution in [0.25, 0.3) is 0 Å². The SMILES string of the molecule is ClC1C=CC=C(I)C1. The lowest BCUT2D eigenvalue weighted by atomic mass is 10.2. The molecule has 0 bridgehead atoms. The summed E-state index contributed by atoms with van der Waals surface area (Å²) in [7, 11) is 0. The molecule has 0 fully saturated rings. The standard InChI is InChI=1S/C6H6ClI/c7-5-2-1-3-6(8)4-5/h1-3,5H,4H2. The van der Waals surface area contributed by atoms with Crippen LogP contribution in [0.15, 0.2) is 21.8 Å². The number of allylic oxidation sites excluding steroid dienone is 4. The molecule has 0 amide bonds. The summed E-state index contributed by atoms with van der Waals surface area (Å²) in [4.78, 5) is 0. The van der Waals surface area contributed by atoms with Crippen LogP contribution >= 0.6 is 34.2 Å². The molecule has 44 valence electrons. The highest BCUT2D eigenvalue weighted by Gasteiger charge is 2.03. The molecule has 0 N–H and O–H groups in total. The zero-order valence-corrected chi connectivity index (χ0v) is 7.19. The Labute approximate surface area is 67.7 Å². The van der Waals surface area contributed by atoms with Gasteiger partial charge in [0.25, 0.3) is 0 Å². The molecular weight excluding hydrogens is 234 g/mol. The molecule has 0 radical (unpaired) electrons. The molecule has 1 aliphatic rings. The van der Waals surface area contributed by atoms with E-state index in [1.54, 1.807) is 0 Å². The van der Waals surface area contributed by atoms with Crippen molar-refractivity contribution in [1.82, 2.24) is 0 Å². The van der Waals surface area contributed by atoms with Crippen LogP contribution < -0.4 is 0 Å². The van der Waals surface area contributed by atoms with E-state index in [4.69, 9.17) is 11.6 Å². The summed E-state index contributed by atoms with van der Waals surface area (Å²) in [5.41, 5.74) is 0. The normalized spacial score (nSPS) is 27.8. The second kappa shape index (κ2) is 2.87. The molecular formula is C6H6ClI. The molecule has 0 saturated carbocycles. The van der Waals surface area contributed by atoms with E-state index in [0.29, 0.717) is 0 Å². The first-order valence-electron chi connectivity index (χ1n) is 2.46. The fourth-order valence-corrected chi connectivity index (χ4v) is 1.80. The Morgan fingerprint density at radius 3 is 2.88 bits per heavy atom. The molecule has 0 aromatic rings. The third-order valence-corrected chi connectivity index (χ3v) is 2.09. The van der Waals surface area contributed by atoms with Gasteiger partial charge in [0.05, 0.1) is 5.38 Å². The van der Waals surface area contributed by atoms with Gasteiger partial charge in [0.1, 0.15) is 0 Å². The first-order chi connectivity index (χ1) is 3.79. The minimum absolute atomic E-state index is 0.229. The molecule has 1 unspecified atom stereocenters. The summed E-state index contributed by atoms with van der Waals surface area (Å²) < 4.78 is 1.34. The second-order valence-corrected chi connectivity index (χ2v) is 3.66. The first-order valence-corrected chi connectivity index (χ1v) is 3.97. The van der Waals surface area contributed by atoms with Crippen molar-refractivity contribution in [1.29, 1.82) is 0 Å². The van der Waals surface area contributed by atoms with Gasteiger partial charge >= 0.3 is 0 Å². The van der Waals surface area contributed by atoms with Crippen molar-refractivity contribution in [3.8, 4) is 0 Å². The highest BCUT2D eigenvalue weighted by Crippen LogP contribution is 2.21. The van der Waals surface area contributed by atoms with Gasteiger partial charge in [0, 0.05) is 0 Å². The predicted octanol–water partition coefficient (Wildman–Crippen LogP) is 2.87. The van der Waals surface area contributed by atoms with Crippen LogP contribution in [0.2, 0.25) is 0 Å². The van der Waals surface area contributed by atoms with Crippen molar-refractivity contribution in [3.63, 3.8) is 0 Å². The second-order valence-electron chi connectivity index (χ2n) is 1.72. The average Bonchev–Trinajstić information content (AvgIpc) is 1.64. The van der Waals surface area contributed by atoms with E-state index in [2.05, 4.69) is 28.7 Å². The van der Waals surface area contributed by atoms with Crippen LogP contribution in [0.4, 0.5) is 0 Å². The maximum atomic E-state index is 5.78. The summed E-state index contributed by atoms with van der Waals surface area (Å²) in [5.74, 6) is 0. The van der Waals surface area contributed by atoms with Crippen LogP contribution in [0, 0.1) is 0 Å². The predicted molar refractivity (Wildman–Crippen MR) is 45.5 cm³/mol. The molecule has 0 aromatic heterocycles. The van der Waals surface area contributed by atoms with E-state index in [0.717, 1.165) is 6.42 Å². The lowest BCUT2D eigenvalue weighted by molar-refractivity contribution is 1.04. The van der Waals surface area contributed by atoms with E-state index < -0.39 is 0 Å². The zero-order valence-electron chi connectivity index (χ0n) is 4.27. The number of alkyl halides is 1. The summed E-state index contributed by atoms with van der Waals surface area (Å²) in [6.45, 7) is 0. The first kappa shape index (κ1) is 6.62. The lowest BCUT2D eigenvalue weighted by Crippen LogP contribution is -1.95. The third kappa shape index (κ3) is 1.78. The van der Waals surface area contributed by atoms with E-state index >= 15 is 0 Å². The van der Waals surface area contributed by atoms with Crippen molar-refractivity contribution in [2.45, 2.75) is 11.8 Å². The molecule has 0 aromatic carbocycles. The smallest absolute Gasteiger partial charge is 0.0563 e.